The Morgan fingerprint density at radius 1 is 0.767 bits per heavy atom. The van der Waals surface area contributed by atoms with Crippen LogP contribution in [-0.4, -0.2) is 16.5 Å². The topological polar surface area (TPSA) is 32.7 Å². The van der Waals surface area contributed by atoms with Crippen molar-refractivity contribution in [2.24, 2.45) is 5.10 Å². The SMILES string of the molecule is O=C1N(c2ccccc2)N=C(c2ccccc2)[C@]1(Cl)Cc1cccc2ccccc12. The molecule has 0 bridgehead atoms. The first-order valence-electron chi connectivity index (χ1n) is 9.86. The van der Waals surface area contributed by atoms with Gasteiger partial charge in [0.2, 0.25) is 0 Å². The molecule has 3 nitrogen and oxygen atoms in total. The first-order chi connectivity index (χ1) is 14.7. The molecule has 0 unspecified atom stereocenters. The first kappa shape index (κ1) is 18.6. The second-order valence-corrected chi connectivity index (χ2v) is 8.03. The average molecular weight is 411 g/mol. The van der Waals surface area contributed by atoms with Gasteiger partial charge in [0.05, 0.1) is 11.4 Å². The van der Waals surface area contributed by atoms with Crippen molar-refractivity contribution in [3.8, 4) is 0 Å². The Labute approximate surface area is 180 Å². The molecule has 4 heteroatoms. The number of rotatable bonds is 4. The molecule has 5 rings (SSSR count). The summed E-state index contributed by atoms with van der Waals surface area (Å²) in [7, 11) is 0. The number of amides is 1. The van der Waals surface area contributed by atoms with Gasteiger partial charge in [-0.25, -0.2) is 0 Å². The third-order valence-electron chi connectivity index (χ3n) is 5.47. The van der Waals surface area contributed by atoms with E-state index in [1.165, 1.54) is 5.01 Å². The molecule has 1 atom stereocenters. The van der Waals surface area contributed by atoms with Gasteiger partial charge in [0.1, 0.15) is 0 Å². The van der Waals surface area contributed by atoms with Gasteiger partial charge in [-0.3, -0.25) is 4.79 Å². The summed E-state index contributed by atoms with van der Waals surface area (Å²) < 4.78 is 0. The van der Waals surface area contributed by atoms with E-state index in [1.54, 1.807) is 0 Å². The lowest BCUT2D eigenvalue weighted by Gasteiger charge is -2.23. The van der Waals surface area contributed by atoms with E-state index in [1.807, 2.05) is 84.9 Å². The summed E-state index contributed by atoms with van der Waals surface area (Å²) in [5.74, 6) is -0.234. The Morgan fingerprint density at radius 2 is 1.40 bits per heavy atom. The fourth-order valence-corrected chi connectivity index (χ4v) is 4.36. The molecule has 0 saturated heterocycles. The molecular weight excluding hydrogens is 392 g/mol. The number of anilines is 1. The maximum atomic E-state index is 13.6. The number of fused-ring (bicyclic) bond motifs is 1. The molecule has 0 radical (unpaired) electrons. The van der Waals surface area contributed by atoms with Crippen LogP contribution in [0.4, 0.5) is 5.69 Å². The van der Waals surface area contributed by atoms with Crippen molar-refractivity contribution in [3.63, 3.8) is 0 Å². The predicted octanol–water partition coefficient (Wildman–Crippen LogP) is 5.81. The molecule has 0 fully saturated rings. The number of hydrazone groups is 1. The molecule has 0 aromatic heterocycles. The number of nitrogens with zero attached hydrogens (tertiary/aromatic N) is 2. The van der Waals surface area contributed by atoms with Crippen LogP contribution in [0, 0.1) is 0 Å². The quantitative estimate of drug-likeness (QED) is 0.391. The van der Waals surface area contributed by atoms with Crippen LogP contribution in [0.5, 0.6) is 0 Å². The van der Waals surface area contributed by atoms with Crippen LogP contribution in [0.3, 0.4) is 0 Å². The molecule has 146 valence electrons. The van der Waals surface area contributed by atoms with E-state index in [-0.39, 0.29) is 5.91 Å². The minimum Gasteiger partial charge on any atom is -0.270 e. The van der Waals surface area contributed by atoms with Crippen LogP contribution >= 0.6 is 11.6 Å². The zero-order chi connectivity index (χ0) is 20.6. The number of hydrogen-bond donors (Lipinski definition) is 0. The predicted molar refractivity (Wildman–Crippen MR) is 123 cm³/mol. The molecule has 0 spiro atoms. The van der Waals surface area contributed by atoms with Crippen molar-refractivity contribution in [1.29, 1.82) is 0 Å². The molecule has 30 heavy (non-hydrogen) atoms. The van der Waals surface area contributed by atoms with Gasteiger partial charge in [-0.1, -0.05) is 91.0 Å². The number of carbonyl (C=O) groups is 1. The summed E-state index contributed by atoms with van der Waals surface area (Å²) in [6.07, 6.45) is 0.353. The van der Waals surface area contributed by atoms with Gasteiger partial charge >= 0.3 is 0 Å². The van der Waals surface area contributed by atoms with Gasteiger partial charge in [-0.15, -0.1) is 11.6 Å². The molecule has 4 aromatic rings. The second-order valence-electron chi connectivity index (χ2n) is 7.38. The average Bonchev–Trinajstić information content (AvgIpc) is 3.06. The number of benzene rings is 4. The fraction of sp³-hybridized carbons (Fsp3) is 0.0769. The second kappa shape index (κ2) is 7.43. The summed E-state index contributed by atoms with van der Waals surface area (Å²) in [6, 6.07) is 33.4. The van der Waals surface area contributed by atoms with Crippen molar-refractivity contribution in [2.45, 2.75) is 11.3 Å². The minimum absolute atomic E-state index is 0.234. The Hall–Kier alpha value is -3.43. The molecule has 1 heterocycles. The van der Waals surface area contributed by atoms with Gasteiger partial charge in [0.15, 0.2) is 4.87 Å². The lowest BCUT2D eigenvalue weighted by Crippen LogP contribution is -2.44. The summed E-state index contributed by atoms with van der Waals surface area (Å²) in [6.45, 7) is 0. The highest BCUT2D eigenvalue weighted by Crippen LogP contribution is 2.38. The highest BCUT2D eigenvalue weighted by Gasteiger charge is 2.51. The van der Waals surface area contributed by atoms with Crippen LogP contribution in [-0.2, 0) is 11.2 Å². The highest BCUT2D eigenvalue weighted by atomic mass is 35.5. The van der Waals surface area contributed by atoms with Gasteiger partial charge in [-0.05, 0) is 28.5 Å². The molecular formula is C26H19ClN2O. The van der Waals surface area contributed by atoms with Crippen molar-refractivity contribution in [2.75, 3.05) is 5.01 Å². The Bertz CT molecular complexity index is 1250. The highest BCUT2D eigenvalue weighted by molar-refractivity contribution is 6.53. The minimum atomic E-state index is -1.29. The standard InChI is InChI=1S/C26H19ClN2O/c27-26(18-21-14-9-13-19-10-7-8-17-23(19)21)24(20-11-3-1-4-12-20)28-29(25(26)30)22-15-5-2-6-16-22/h1-17H,18H2/t26-/m1/s1. The molecule has 1 aliphatic rings. The zero-order valence-corrected chi connectivity index (χ0v) is 17.0. The maximum Gasteiger partial charge on any atom is 0.275 e. The molecule has 1 amide bonds. The lowest BCUT2D eigenvalue weighted by atomic mass is 9.88. The van der Waals surface area contributed by atoms with Gasteiger partial charge < -0.3 is 0 Å². The molecule has 0 aliphatic carbocycles. The largest absolute Gasteiger partial charge is 0.275 e. The van der Waals surface area contributed by atoms with Gasteiger partial charge in [-0.2, -0.15) is 10.1 Å². The fourth-order valence-electron chi connectivity index (χ4n) is 3.99. The summed E-state index contributed by atoms with van der Waals surface area (Å²) in [4.78, 5) is 12.3. The van der Waals surface area contributed by atoms with E-state index in [0.29, 0.717) is 17.8 Å². The van der Waals surface area contributed by atoms with Crippen molar-refractivity contribution in [3.05, 3.63) is 114 Å². The van der Waals surface area contributed by atoms with Crippen LogP contribution in [0.2, 0.25) is 0 Å². The number of para-hydroxylation sites is 1. The van der Waals surface area contributed by atoms with E-state index < -0.39 is 4.87 Å². The monoisotopic (exact) mass is 410 g/mol. The van der Waals surface area contributed by atoms with E-state index in [2.05, 4.69) is 18.2 Å². The Balaban J connectivity index is 1.64. The summed E-state index contributed by atoms with van der Waals surface area (Å²) in [5.41, 5.74) is 3.15. The van der Waals surface area contributed by atoms with E-state index >= 15 is 0 Å². The number of alkyl halides is 1. The normalized spacial score (nSPS) is 18.6. The van der Waals surface area contributed by atoms with E-state index in [0.717, 1.165) is 21.9 Å². The molecule has 0 N–H and O–H groups in total. The molecule has 4 aromatic carbocycles. The summed E-state index contributed by atoms with van der Waals surface area (Å²) >= 11 is 7.18. The number of halogens is 1. The van der Waals surface area contributed by atoms with Gasteiger partial charge in [0.25, 0.3) is 5.91 Å². The third-order valence-corrected chi connectivity index (χ3v) is 5.94. The van der Waals surface area contributed by atoms with Crippen molar-refractivity contribution < 1.29 is 4.79 Å². The Morgan fingerprint density at radius 3 is 2.17 bits per heavy atom. The van der Waals surface area contributed by atoms with Crippen LogP contribution in [0.15, 0.2) is 108 Å². The lowest BCUT2D eigenvalue weighted by molar-refractivity contribution is -0.118. The van der Waals surface area contributed by atoms with E-state index in [4.69, 9.17) is 16.7 Å². The van der Waals surface area contributed by atoms with Crippen LogP contribution < -0.4 is 5.01 Å². The molecule has 0 saturated carbocycles. The number of carbonyl (C=O) groups excluding carboxylic acids is 1. The first-order valence-corrected chi connectivity index (χ1v) is 10.2. The maximum absolute atomic E-state index is 13.6. The van der Waals surface area contributed by atoms with Crippen molar-refractivity contribution >= 4 is 39.7 Å². The number of hydrogen-bond acceptors (Lipinski definition) is 2. The van der Waals surface area contributed by atoms with Crippen LogP contribution in [0.25, 0.3) is 10.8 Å². The Kier molecular flexibility index (Phi) is 4.61. The van der Waals surface area contributed by atoms with E-state index in [9.17, 15) is 4.79 Å². The smallest absolute Gasteiger partial charge is 0.270 e. The zero-order valence-electron chi connectivity index (χ0n) is 16.2. The summed E-state index contributed by atoms with van der Waals surface area (Å²) in [5, 5.41) is 8.36. The van der Waals surface area contributed by atoms with Crippen LogP contribution in [0.1, 0.15) is 11.1 Å². The van der Waals surface area contributed by atoms with Crippen molar-refractivity contribution in [1.82, 2.24) is 0 Å². The van der Waals surface area contributed by atoms with Gasteiger partial charge in [0, 0.05) is 12.0 Å². The molecule has 1 aliphatic heterocycles. The third kappa shape index (κ3) is 3.08.